The molecule has 1 aliphatic heterocycles. The molecule has 0 unspecified atom stereocenters. The molecule has 1 fully saturated rings. The first-order chi connectivity index (χ1) is 9.65. The lowest BCUT2D eigenvalue weighted by Crippen LogP contribution is -2.31. The van der Waals surface area contributed by atoms with Crippen molar-refractivity contribution in [1.82, 2.24) is 5.32 Å². The van der Waals surface area contributed by atoms with Gasteiger partial charge in [-0.05, 0) is 62.3 Å². The van der Waals surface area contributed by atoms with Crippen LogP contribution in [0.15, 0.2) is 18.2 Å². The second kappa shape index (κ2) is 7.29. The van der Waals surface area contributed by atoms with E-state index < -0.39 is 0 Å². The smallest absolute Gasteiger partial charge is 0.319 e. The first kappa shape index (κ1) is 14.9. The van der Waals surface area contributed by atoms with Crippen molar-refractivity contribution in [2.45, 2.75) is 33.1 Å². The molecule has 0 radical (unpaired) electrons. The molecule has 1 aromatic rings. The standard InChI is InChI=1S/C16H24N2O2/c1-12-5-6-15(10-13(12)2)18-16(19)17-8-7-14-4-3-9-20-11-14/h5-6,10,14H,3-4,7-9,11H2,1-2H3,(H2,17,18,19)/t14-/m1/s1. The molecule has 0 spiro atoms. The van der Waals surface area contributed by atoms with Crippen molar-refractivity contribution in [3.05, 3.63) is 29.3 Å². The number of aryl methyl sites for hydroxylation is 2. The van der Waals surface area contributed by atoms with E-state index in [0.717, 1.165) is 31.7 Å². The first-order valence-electron chi connectivity index (χ1n) is 7.35. The molecule has 4 heteroatoms. The Morgan fingerprint density at radius 3 is 2.90 bits per heavy atom. The van der Waals surface area contributed by atoms with E-state index in [1.54, 1.807) is 0 Å². The highest BCUT2D eigenvalue weighted by molar-refractivity contribution is 5.89. The lowest BCUT2D eigenvalue weighted by atomic mass is 9.99. The summed E-state index contributed by atoms with van der Waals surface area (Å²) in [5, 5.41) is 5.77. The first-order valence-corrected chi connectivity index (χ1v) is 7.35. The van der Waals surface area contributed by atoms with Gasteiger partial charge in [0.05, 0.1) is 0 Å². The molecule has 1 atom stereocenters. The zero-order valence-corrected chi connectivity index (χ0v) is 12.4. The van der Waals surface area contributed by atoms with E-state index >= 15 is 0 Å². The Morgan fingerprint density at radius 1 is 1.35 bits per heavy atom. The van der Waals surface area contributed by atoms with Crippen molar-refractivity contribution >= 4 is 11.7 Å². The Kier molecular flexibility index (Phi) is 5.41. The Bertz CT molecular complexity index is 454. The normalized spacial score (nSPS) is 18.6. The SMILES string of the molecule is Cc1ccc(NC(=O)NCC[C@H]2CCCOC2)cc1C. The molecule has 110 valence electrons. The van der Waals surface area contributed by atoms with Crippen LogP contribution in [0.2, 0.25) is 0 Å². The molecule has 1 aromatic carbocycles. The fraction of sp³-hybridized carbons (Fsp3) is 0.562. The summed E-state index contributed by atoms with van der Waals surface area (Å²) in [6.45, 7) is 6.52. The molecule has 0 aliphatic carbocycles. The van der Waals surface area contributed by atoms with Gasteiger partial charge in [-0.1, -0.05) is 6.07 Å². The number of hydrogen-bond acceptors (Lipinski definition) is 2. The molecule has 20 heavy (non-hydrogen) atoms. The maximum atomic E-state index is 11.8. The van der Waals surface area contributed by atoms with E-state index in [0.29, 0.717) is 12.5 Å². The van der Waals surface area contributed by atoms with Gasteiger partial charge in [0.15, 0.2) is 0 Å². The van der Waals surface area contributed by atoms with Gasteiger partial charge in [-0.15, -0.1) is 0 Å². The second-order valence-corrected chi connectivity index (χ2v) is 5.55. The largest absolute Gasteiger partial charge is 0.381 e. The van der Waals surface area contributed by atoms with Gasteiger partial charge < -0.3 is 15.4 Å². The molecule has 0 saturated carbocycles. The molecule has 0 bridgehead atoms. The maximum absolute atomic E-state index is 11.8. The zero-order chi connectivity index (χ0) is 14.4. The van der Waals surface area contributed by atoms with Gasteiger partial charge in [-0.3, -0.25) is 0 Å². The van der Waals surface area contributed by atoms with Gasteiger partial charge in [0.1, 0.15) is 0 Å². The van der Waals surface area contributed by atoms with Crippen LogP contribution < -0.4 is 10.6 Å². The van der Waals surface area contributed by atoms with Crippen molar-refractivity contribution in [1.29, 1.82) is 0 Å². The number of anilines is 1. The van der Waals surface area contributed by atoms with E-state index in [-0.39, 0.29) is 6.03 Å². The van der Waals surface area contributed by atoms with Gasteiger partial charge >= 0.3 is 6.03 Å². The van der Waals surface area contributed by atoms with Crippen molar-refractivity contribution < 1.29 is 9.53 Å². The molecule has 1 heterocycles. The minimum absolute atomic E-state index is 0.134. The molecule has 2 N–H and O–H groups in total. The van der Waals surface area contributed by atoms with Crippen LogP contribution in [0.25, 0.3) is 0 Å². The number of benzene rings is 1. The summed E-state index contributed by atoms with van der Waals surface area (Å²) in [7, 11) is 0. The number of rotatable bonds is 4. The van der Waals surface area contributed by atoms with E-state index in [1.165, 1.54) is 17.5 Å². The van der Waals surface area contributed by atoms with Crippen LogP contribution in [0.5, 0.6) is 0 Å². The predicted octanol–water partition coefficient (Wildman–Crippen LogP) is 3.24. The van der Waals surface area contributed by atoms with E-state index in [2.05, 4.69) is 17.6 Å². The number of amides is 2. The van der Waals surface area contributed by atoms with Crippen LogP contribution in [-0.4, -0.2) is 25.8 Å². The van der Waals surface area contributed by atoms with Gasteiger partial charge in [0.2, 0.25) is 0 Å². The van der Waals surface area contributed by atoms with Crippen LogP contribution in [0.1, 0.15) is 30.4 Å². The van der Waals surface area contributed by atoms with Crippen LogP contribution in [0.4, 0.5) is 10.5 Å². The summed E-state index contributed by atoms with van der Waals surface area (Å²) in [4.78, 5) is 11.8. The molecule has 1 aliphatic rings. The highest BCUT2D eigenvalue weighted by Gasteiger charge is 2.13. The molecule has 4 nitrogen and oxygen atoms in total. The fourth-order valence-corrected chi connectivity index (χ4v) is 2.42. The van der Waals surface area contributed by atoms with Gasteiger partial charge in [0.25, 0.3) is 0 Å². The molecule has 1 saturated heterocycles. The minimum Gasteiger partial charge on any atom is -0.381 e. The van der Waals surface area contributed by atoms with Crippen molar-refractivity contribution in [3.63, 3.8) is 0 Å². The number of ether oxygens (including phenoxy) is 1. The number of nitrogens with one attached hydrogen (secondary N) is 2. The van der Waals surface area contributed by atoms with Gasteiger partial charge in [-0.2, -0.15) is 0 Å². The average Bonchev–Trinajstić information content (AvgIpc) is 2.44. The second-order valence-electron chi connectivity index (χ2n) is 5.55. The lowest BCUT2D eigenvalue weighted by Gasteiger charge is -2.21. The fourth-order valence-electron chi connectivity index (χ4n) is 2.42. The monoisotopic (exact) mass is 276 g/mol. The van der Waals surface area contributed by atoms with Gasteiger partial charge in [-0.25, -0.2) is 4.79 Å². The third kappa shape index (κ3) is 4.53. The summed E-state index contributed by atoms with van der Waals surface area (Å²) >= 11 is 0. The average molecular weight is 276 g/mol. The number of carbonyl (C=O) groups is 1. The van der Waals surface area contributed by atoms with Crippen LogP contribution in [-0.2, 0) is 4.74 Å². The molecule has 0 aromatic heterocycles. The van der Waals surface area contributed by atoms with E-state index in [4.69, 9.17) is 4.74 Å². The van der Waals surface area contributed by atoms with E-state index in [1.807, 2.05) is 25.1 Å². The predicted molar refractivity (Wildman–Crippen MR) is 81.1 cm³/mol. The highest BCUT2D eigenvalue weighted by Crippen LogP contribution is 2.16. The van der Waals surface area contributed by atoms with Crippen LogP contribution in [0.3, 0.4) is 0 Å². The highest BCUT2D eigenvalue weighted by atomic mass is 16.5. The number of carbonyl (C=O) groups excluding carboxylic acids is 1. The molecular weight excluding hydrogens is 252 g/mol. The van der Waals surface area contributed by atoms with Crippen molar-refractivity contribution in [3.8, 4) is 0 Å². The maximum Gasteiger partial charge on any atom is 0.319 e. The Hall–Kier alpha value is -1.55. The third-order valence-corrected chi connectivity index (χ3v) is 3.86. The molecular formula is C16H24N2O2. The van der Waals surface area contributed by atoms with Crippen LogP contribution >= 0.6 is 0 Å². The van der Waals surface area contributed by atoms with Crippen LogP contribution in [0, 0.1) is 19.8 Å². The number of urea groups is 1. The molecule has 2 amide bonds. The molecule has 2 rings (SSSR count). The summed E-state index contributed by atoms with van der Waals surface area (Å²) in [6.07, 6.45) is 3.33. The Labute approximate surface area is 120 Å². The topological polar surface area (TPSA) is 50.4 Å². The minimum atomic E-state index is -0.134. The van der Waals surface area contributed by atoms with Crippen molar-refractivity contribution in [2.75, 3.05) is 25.1 Å². The van der Waals surface area contributed by atoms with Crippen molar-refractivity contribution in [2.24, 2.45) is 5.92 Å². The third-order valence-electron chi connectivity index (χ3n) is 3.86. The zero-order valence-electron chi connectivity index (χ0n) is 12.4. The van der Waals surface area contributed by atoms with E-state index in [9.17, 15) is 4.79 Å². The summed E-state index contributed by atoms with van der Waals surface area (Å²) < 4.78 is 5.43. The lowest BCUT2D eigenvalue weighted by molar-refractivity contribution is 0.0520. The summed E-state index contributed by atoms with van der Waals surface area (Å²) in [6, 6.07) is 5.80. The Morgan fingerprint density at radius 2 is 2.20 bits per heavy atom. The number of hydrogen-bond donors (Lipinski definition) is 2. The summed E-state index contributed by atoms with van der Waals surface area (Å²) in [5.74, 6) is 0.589. The van der Waals surface area contributed by atoms with Gasteiger partial charge in [0, 0.05) is 25.4 Å². The Balaban J connectivity index is 1.70. The summed E-state index contributed by atoms with van der Waals surface area (Å²) in [5.41, 5.74) is 3.25. The quantitative estimate of drug-likeness (QED) is 0.887.